The first-order chi connectivity index (χ1) is 16.1. The second kappa shape index (κ2) is 11.3. The molecule has 0 radical (unpaired) electrons. The van der Waals surface area contributed by atoms with E-state index in [1.54, 1.807) is 12.1 Å². The number of urea groups is 1. The van der Waals surface area contributed by atoms with Crippen LogP contribution in [0.3, 0.4) is 0 Å². The van der Waals surface area contributed by atoms with E-state index in [9.17, 15) is 32.3 Å². The maximum Gasteiger partial charge on any atom is 0.416 e. The molecule has 4 N–H and O–H groups in total. The van der Waals surface area contributed by atoms with Crippen molar-refractivity contribution >= 4 is 17.6 Å². The Labute approximate surface area is 193 Å². The number of anilines is 1. The summed E-state index contributed by atoms with van der Waals surface area (Å²) in [5, 5.41) is 17.4. The number of nitrogens with one attached hydrogen (secondary N) is 3. The molecule has 0 aromatic heterocycles. The Bertz CT molecular complexity index is 985. The summed E-state index contributed by atoms with van der Waals surface area (Å²) in [5.41, 5.74) is -0.0319. The molecule has 11 heteroatoms. The Kier molecular flexibility index (Phi) is 8.46. The third kappa shape index (κ3) is 7.42. The highest BCUT2D eigenvalue weighted by Crippen LogP contribution is 2.30. The van der Waals surface area contributed by atoms with E-state index in [0.717, 1.165) is 24.3 Å². The quantitative estimate of drug-likeness (QED) is 0.453. The molecule has 1 saturated heterocycles. The third-order valence-corrected chi connectivity index (χ3v) is 5.37. The average Bonchev–Trinajstić information content (AvgIpc) is 2.78. The Hall–Kier alpha value is -3.18. The van der Waals surface area contributed by atoms with Gasteiger partial charge in [0.2, 0.25) is 5.91 Å². The molecule has 0 bridgehead atoms. The molecular weight excluding hydrogens is 458 g/mol. The summed E-state index contributed by atoms with van der Waals surface area (Å²) in [7, 11) is 0. The Morgan fingerprint density at radius 2 is 1.82 bits per heavy atom. The second-order valence-electron chi connectivity index (χ2n) is 7.95. The van der Waals surface area contributed by atoms with E-state index in [1.165, 1.54) is 12.1 Å². The zero-order valence-corrected chi connectivity index (χ0v) is 18.1. The number of halogens is 4. The van der Waals surface area contributed by atoms with Crippen LogP contribution in [0.15, 0.2) is 48.5 Å². The first-order valence-corrected chi connectivity index (χ1v) is 10.7. The van der Waals surface area contributed by atoms with Crippen molar-refractivity contribution in [3.8, 4) is 0 Å². The van der Waals surface area contributed by atoms with E-state index in [-0.39, 0.29) is 24.6 Å². The van der Waals surface area contributed by atoms with Crippen molar-refractivity contribution < 1.29 is 37.0 Å². The van der Waals surface area contributed by atoms with Gasteiger partial charge in [0, 0.05) is 12.2 Å². The minimum atomic E-state index is -4.47. The Balaban J connectivity index is 1.45. The number of aliphatic hydroxyl groups excluding tert-OH is 1. The van der Waals surface area contributed by atoms with Gasteiger partial charge in [-0.25, -0.2) is 9.18 Å². The number of carbonyl (C=O) groups excluding carboxylic acids is 2. The van der Waals surface area contributed by atoms with Crippen LogP contribution in [0.5, 0.6) is 0 Å². The lowest BCUT2D eigenvalue weighted by molar-refractivity contribution is -0.137. The number of hydrogen-bond donors (Lipinski definition) is 4. The lowest BCUT2D eigenvalue weighted by Crippen LogP contribution is -2.52. The molecule has 1 aliphatic heterocycles. The number of amides is 3. The van der Waals surface area contributed by atoms with Crippen molar-refractivity contribution in [2.75, 3.05) is 11.9 Å². The zero-order chi connectivity index (χ0) is 24.7. The van der Waals surface area contributed by atoms with Crippen molar-refractivity contribution in [2.24, 2.45) is 0 Å². The highest BCUT2D eigenvalue weighted by atomic mass is 19.4. The summed E-state index contributed by atoms with van der Waals surface area (Å²) >= 11 is 0. The van der Waals surface area contributed by atoms with Gasteiger partial charge in [0.1, 0.15) is 11.9 Å². The standard InChI is InChI=1S/C23H25F4N3O4/c24-16-3-1-2-14(10-16)12-28-21(32)11-18-8-9-19(20(13-31)34-18)30-22(33)29-17-6-4-15(5-7-17)23(25,26)27/h1-7,10,18-20,31H,8-9,11-13H2,(H,28,32)(H2,29,30,33)/t18-,19+,20+/m0/s1. The van der Waals surface area contributed by atoms with Gasteiger partial charge in [-0.3, -0.25) is 4.79 Å². The number of hydrogen-bond acceptors (Lipinski definition) is 4. The molecule has 3 amide bonds. The summed E-state index contributed by atoms with van der Waals surface area (Å²) < 4.78 is 56.9. The number of alkyl halides is 3. The monoisotopic (exact) mass is 483 g/mol. The van der Waals surface area contributed by atoms with Gasteiger partial charge in [-0.05, 0) is 54.8 Å². The summed E-state index contributed by atoms with van der Waals surface area (Å²) in [6, 6.07) is 8.67. The van der Waals surface area contributed by atoms with E-state index < -0.39 is 48.4 Å². The fraction of sp³-hybridized carbons (Fsp3) is 0.391. The molecule has 7 nitrogen and oxygen atoms in total. The minimum Gasteiger partial charge on any atom is -0.394 e. The summed E-state index contributed by atoms with van der Waals surface area (Å²) in [6.07, 6.45) is -4.80. The molecule has 34 heavy (non-hydrogen) atoms. The van der Waals surface area contributed by atoms with E-state index in [2.05, 4.69) is 16.0 Å². The predicted octanol–water partition coefficient (Wildman–Crippen LogP) is 3.58. The van der Waals surface area contributed by atoms with Crippen LogP contribution in [0.1, 0.15) is 30.4 Å². The largest absolute Gasteiger partial charge is 0.416 e. The smallest absolute Gasteiger partial charge is 0.394 e. The van der Waals surface area contributed by atoms with Gasteiger partial charge in [0.25, 0.3) is 0 Å². The van der Waals surface area contributed by atoms with Gasteiger partial charge in [0.05, 0.1) is 30.7 Å². The molecule has 1 heterocycles. The number of rotatable bonds is 7. The fourth-order valence-corrected chi connectivity index (χ4v) is 3.65. The van der Waals surface area contributed by atoms with Gasteiger partial charge in [-0.2, -0.15) is 13.2 Å². The first kappa shape index (κ1) is 25.4. The van der Waals surface area contributed by atoms with Crippen LogP contribution in [-0.4, -0.2) is 41.9 Å². The van der Waals surface area contributed by atoms with E-state index >= 15 is 0 Å². The van der Waals surface area contributed by atoms with Crippen molar-refractivity contribution in [1.29, 1.82) is 0 Å². The normalized spacial score (nSPS) is 20.4. The fourth-order valence-electron chi connectivity index (χ4n) is 3.65. The second-order valence-corrected chi connectivity index (χ2v) is 7.95. The van der Waals surface area contributed by atoms with Crippen LogP contribution < -0.4 is 16.0 Å². The first-order valence-electron chi connectivity index (χ1n) is 10.7. The number of aliphatic hydroxyl groups is 1. The summed E-state index contributed by atoms with van der Waals surface area (Å²) in [5.74, 6) is -0.688. The zero-order valence-electron chi connectivity index (χ0n) is 18.1. The Morgan fingerprint density at radius 1 is 1.09 bits per heavy atom. The van der Waals surface area contributed by atoms with Crippen LogP contribution in [-0.2, 0) is 22.3 Å². The molecule has 2 aromatic rings. The maximum atomic E-state index is 13.2. The molecule has 0 unspecified atom stereocenters. The topological polar surface area (TPSA) is 99.7 Å². The Morgan fingerprint density at radius 3 is 2.47 bits per heavy atom. The lowest BCUT2D eigenvalue weighted by Gasteiger charge is -2.35. The molecule has 0 aliphatic carbocycles. The molecule has 2 aromatic carbocycles. The van der Waals surface area contributed by atoms with Crippen molar-refractivity contribution in [1.82, 2.24) is 10.6 Å². The van der Waals surface area contributed by atoms with Crippen LogP contribution in [0.4, 0.5) is 28.0 Å². The highest BCUT2D eigenvalue weighted by molar-refractivity contribution is 5.89. The number of benzene rings is 2. The van der Waals surface area contributed by atoms with Crippen LogP contribution >= 0.6 is 0 Å². The molecule has 3 rings (SSSR count). The van der Waals surface area contributed by atoms with Crippen LogP contribution in [0.2, 0.25) is 0 Å². The summed E-state index contributed by atoms with van der Waals surface area (Å²) in [6.45, 7) is -0.228. The lowest BCUT2D eigenvalue weighted by atomic mass is 9.97. The molecule has 0 spiro atoms. The molecule has 3 atom stereocenters. The SMILES string of the molecule is O=C(C[C@@H]1CC[C@@H](NC(=O)Nc2ccc(C(F)(F)F)cc2)[C@@H](CO)O1)NCc1cccc(F)c1. The van der Waals surface area contributed by atoms with E-state index in [0.29, 0.717) is 18.4 Å². The van der Waals surface area contributed by atoms with Gasteiger partial charge in [-0.15, -0.1) is 0 Å². The van der Waals surface area contributed by atoms with Gasteiger partial charge < -0.3 is 25.8 Å². The van der Waals surface area contributed by atoms with Gasteiger partial charge >= 0.3 is 12.2 Å². The summed E-state index contributed by atoms with van der Waals surface area (Å²) in [4.78, 5) is 24.5. The molecular formula is C23H25F4N3O4. The maximum absolute atomic E-state index is 13.2. The van der Waals surface area contributed by atoms with Crippen molar-refractivity contribution in [3.05, 3.63) is 65.5 Å². The molecule has 184 valence electrons. The van der Waals surface area contributed by atoms with Crippen molar-refractivity contribution in [2.45, 2.75) is 50.2 Å². The van der Waals surface area contributed by atoms with Crippen LogP contribution in [0, 0.1) is 5.82 Å². The average molecular weight is 483 g/mol. The number of carbonyl (C=O) groups is 2. The van der Waals surface area contributed by atoms with E-state index in [4.69, 9.17) is 4.74 Å². The molecule has 0 saturated carbocycles. The predicted molar refractivity (Wildman–Crippen MR) is 115 cm³/mol. The minimum absolute atomic E-state index is 0.0380. The highest BCUT2D eigenvalue weighted by Gasteiger charge is 2.33. The molecule has 1 aliphatic rings. The number of ether oxygens (including phenoxy) is 1. The van der Waals surface area contributed by atoms with E-state index in [1.807, 2.05) is 0 Å². The van der Waals surface area contributed by atoms with Gasteiger partial charge in [-0.1, -0.05) is 12.1 Å². The molecule has 1 fully saturated rings. The van der Waals surface area contributed by atoms with Gasteiger partial charge in [0.15, 0.2) is 0 Å². The third-order valence-electron chi connectivity index (χ3n) is 5.37. The van der Waals surface area contributed by atoms with Crippen molar-refractivity contribution in [3.63, 3.8) is 0 Å². The van der Waals surface area contributed by atoms with Crippen LogP contribution in [0.25, 0.3) is 0 Å².